The summed E-state index contributed by atoms with van der Waals surface area (Å²) in [6.45, 7) is 3.91. The summed E-state index contributed by atoms with van der Waals surface area (Å²) in [7, 11) is -3.53. The fourth-order valence-corrected chi connectivity index (χ4v) is 5.54. The van der Waals surface area contributed by atoms with Crippen LogP contribution in [-0.2, 0) is 10.0 Å². The average molecular weight is 314 g/mol. The van der Waals surface area contributed by atoms with Crippen molar-refractivity contribution in [1.29, 1.82) is 0 Å². The highest BCUT2D eigenvalue weighted by Crippen LogP contribution is 2.31. The fraction of sp³-hybridized carbons (Fsp3) is 0.571. The Balaban J connectivity index is 2.13. The molecule has 2 rings (SSSR count). The van der Waals surface area contributed by atoms with E-state index in [1.807, 2.05) is 11.8 Å². The molecule has 0 amide bonds. The fourth-order valence-electron chi connectivity index (χ4n) is 2.75. The van der Waals surface area contributed by atoms with Crippen molar-refractivity contribution in [3.63, 3.8) is 0 Å². The van der Waals surface area contributed by atoms with Gasteiger partial charge < -0.3 is 5.73 Å². The molecule has 0 saturated heterocycles. The van der Waals surface area contributed by atoms with E-state index < -0.39 is 10.0 Å². The Kier molecular flexibility index (Phi) is 4.99. The number of nitrogen functional groups attached to an aromatic ring is 1. The summed E-state index contributed by atoms with van der Waals surface area (Å²) in [5.74, 6) is 1.08. The van der Waals surface area contributed by atoms with Crippen molar-refractivity contribution in [3.05, 3.63) is 23.8 Å². The van der Waals surface area contributed by atoms with Crippen molar-refractivity contribution < 1.29 is 8.42 Å². The molecule has 1 aromatic rings. The summed E-state index contributed by atoms with van der Waals surface area (Å²) < 4.78 is 27.8. The number of hydrogen-bond acceptors (Lipinski definition) is 4. The first kappa shape index (κ1) is 15.7. The number of nitrogens with two attached hydrogens (primary N) is 1. The van der Waals surface area contributed by atoms with Crippen LogP contribution in [0.1, 0.15) is 31.7 Å². The maximum absolute atomic E-state index is 12.5. The van der Waals surface area contributed by atoms with Gasteiger partial charge in [0.15, 0.2) is 0 Å². The van der Waals surface area contributed by atoms with Crippen molar-refractivity contribution in [2.45, 2.75) is 49.3 Å². The molecule has 1 saturated carbocycles. The van der Waals surface area contributed by atoms with E-state index in [0.717, 1.165) is 25.0 Å². The zero-order chi connectivity index (χ0) is 14.8. The number of sulfonamides is 1. The first-order valence-electron chi connectivity index (χ1n) is 6.93. The van der Waals surface area contributed by atoms with Crippen LogP contribution < -0.4 is 10.5 Å². The average Bonchev–Trinajstić information content (AvgIpc) is 2.75. The second kappa shape index (κ2) is 6.37. The molecule has 0 spiro atoms. The minimum atomic E-state index is -3.53. The molecule has 4 nitrogen and oxygen atoms in total. The van der Waals surface area contributed by atoms with Gasteiger partial charge in [0.1, 0.15) is 4.90 Å². The third-order valence-electron chi connectivity index (χ3n) is 3.62. The van der Waals surface area contributed by atoms with Crippen LogP contribution in [0, 0.1) is 6.92 Å². The van der Waals surface area contributed by atoms with Gasteiger partial charge in [-0.3, -0.25) is 0 Å². The molecule has 0 aliphatic heterocycles. The minimum Gasteiger partial charge on any atom is -0.398 e. The van der Waals surface area contributed by atoms with Crippen LogP contribution in [-0.4, -0.2) is 25.5 Å². The van der Waals surface area contributed by atoms with Crippen LogP contribution >= 0.6 is 11.8 Å². The van der Waals surface area contributed by atoms with E-state index in [1.165, 1.54) is 0 Å². The minimum absolute atomic E-state index is 0.0306. The molecule has 6 heteroatoms. The predicted octanol–water partition coefficient (Wildman–Crippen LogP) is 2.53. The van der Waals surface area contributed by atoms with Gasteiger partial charge in [-0.2, -0.15) is 11.8 Å². The largest absolute Gasteiger partial charge is 0.398 e. The van der Waals surface area contributed by atoms with Crippen molar-refractivity contribution in [1.82, 2.24) is 4.72 Å². The Bertz CT molecular complexity index is 552. The highest BCUT2D eigenvalue weighted by Gasteiger charge is 2.30. The number of benzene rings is 1. The summed E-state index contributed by atoms with van der Waals surface area (Å²) in [6, 6.07) is 5.21. The van der Waals surface area contributed by atoms with Gasteiger partial charge >= 0.3 is 0 Å². The first-order chi connectivity index (χ1) is 9.44. The summed E-state index contributed by atoms with van der Waals surface area (Å²) in [6.07, 6.45) is 2.89. The lowest BCUT2D eigenvalue weighted by molar-refractivity contribution is 0.552. The molecule has 1 aliphatic carbocycles. The van der Waals surface area contributed by atoms with Gasteiger partial charge in [-0.15, -0.1) is 0 Å². The quantitative estimate of drug-likeness (QED) is 0.819. The van der Waals surface area contributed by atoms with Crippen LogP contribution in [0.5, 0.6) is 0 Å². The van der Waals surface area contributed by atoms with E-state index in [4.69, 9.17) is 5.73 Å². The SMILES string of the molecule is CCSC1CCC(NS(=O)(=O)c2c(C)cccc2N)C1. The zero-order valence-corrected chi connectivity index (χ0v) is 13.6. The number of nitrogens with one attached hydrogen (secondary N) is 1. The molecule has 1 aromatic carbocycles. The lowest BCUT2D eigenvalue weighted by Crippen LogP contribution is -2.34. The molecule has 1 fully saturated rings. The molecular formula is C14H22N2O2S2. The van der Waals surface area contributed by atoms with E-state index in [2.05, 4.69) is 11.6 Å². The number of rotatable bonds is 5. The van der Waals surface area contributed by atoms with Crippen molar-refractivity contribution in [2.75, 3.05) is 11.5 Å². The van der Waals surface area contributed by atoms with Gasteiger partial charge in [-0.05, 0) is 43.6 Å². The Morgan fingerprint density at radius 3 is 2.80 bits per heavy atom. The van der Waals surface area contributed by atoms with Crippen LogP contribution in [0.4, 0.5) is 5.69 Å². The second-order valence-electron chi connectivity index (χ2n) is 5.20. The lowest BCUT2D eigenvalue weighted by Gasteiger charge is -2.16. The molecule has 0 aromatic heterocycles. The first-order valence-corrected chi connectivity index (χ1v) is 9.46. The number of anilines is 1. The molecular weight excluding hydrogens is 292 g/mol. The maximum Gasteiger partial charge on any atom is 0.243 e. The van der Waals surface area contributed by atoms with E-state index in [0.29, 0.717) is 16.5 Å². The standard InChI is InChI=1S/C14H22N2O2S2/c1-3-19-12-8-7-11(9-12)16-20(17,18)14-10(2)5-4-6-13(14)15/h4-6,11-12,16H,3,7-9,15H2,1-2H3. The summed E-state index contributed by atoms with van der Waals surface area (Å²) in [5, 5.41) is 0.571. The summed E-state index contributed by atoms with van der Waals surface area (Å²) in [4.78, 5) is 0.228. The van der Waals surface area contributed by atoms with Crippen molar-refractivity contribution >= 4 is 27.5 Å². The van der Waals surface area contributed by atoms with Gasteiger partial charge in [0.2, 0.25) is 10.0 Å². The lowest BCUT2D eigenvalue weighted by atomic mass is 10.2. The Hall–Kier alpha value is -0.720. The Morgan fingerprint density at radius 2 is 2.15 bits per heavy atom. The Morgan fingerprint density at radius 1 is 1.40 bits per heavy atom. The third-order valence-corrected chi connectivity index (χ3v) is 6.59. The number of hydrogen-bond donors (Lipinski definition) is 2. The van der Waals surface area contributed by atoms with Gasteiger partial charge in [0.25, 0.3) is 0 Å². The molecule has 112 valence electrons. The molecule has 2 atom stereocenters. The molecule has 3 N–H and O–H groups in total. The highest BCUT2D eigenvalue weighted by atomic mass is 32.2. The van der Waals surface area contributed by atoms with Crippen LogP contribution in [0.25, 0.3) is 0 Å². The summed E-state index contributed by atoms with van der Waals surface area (Å²) >= 11 is 1.91. The summed E-state index contributed by atoms with van der Waals surface area (Å²) in [5.41, 5.74) is 6.84. The van der Waals surface area contributed by atoms with Crippen LogP contribution in [0.15, 0.2) is 23.1 Å². The van der Waals surface area contributed by atoms with Gasteiger partial charge in [0.05, 0.1) is 5.69 Å². The number of thioether (sulfide) groups is 1. The van der Waals surface area contributed by atoms with E-state index in [1.54, 1.807) is 25.1 Å². The second-order valence-corrected chi connectivity index (χ2v) is 8.43. The van der Waals surface area contributed by atoms with Gasteiger partial charge in [-0.1, -0.05) is 19.1 Å². The monoisotopic (exact) mass is 314 g/mol. The van der Waals surface area contributed by atoms with E-state index >= 15 is 0 Å². The van der Waals surface area contributed by atoms with Crippen molar-refractivity contribution in [2.24, 2.45) is 0 Å². The molecule has 2 unspecified atom stereocenters. The van der Waals surface area contributed by atoms with Gasteiger partial charge in [-0.25, -0.2) is 13.1 Å². The van der Waals surface area contributed by atoms with E-state index in [-0.39, 0.29) is 10.9 Å². The zero-order valence-electron chi connectivity index (χ0n) is 11.9. The molecule has 0 bridgehead atoms. The molecule has 0 radical (unpaired) electrons. The topological polar surface area (TPSA) is 72.2 Å². The van der Waals surface area contributed by atoms with Crippen LogP contribution in [0.2, 0.25) is 0 Å². The molecule has 1 aliphatic rings. The number of aryl methyl sites for hydroxylation is 1. The smallest absolute Gasteiger partial charge is 0.243 e. The highest BCUT2D eigenvalue weighted by molar-refractivity contribution is 7.99. The third kappa shape index (κ3) is 3.48. The molecule has 0 heterocycles. The van der Waals surface area contributed by atoms with Crippen molar-refractivity contribution in [3.8, 4) is 0 Å². The normalized spacial score (nSPS) is 23.1. The van der Waals surface area contributed by atoms with Gasteiger partial charge in [0, 0.05) is 11.3 Å². The maximum atomic E-state index is 12.5. The Labute approximate surface area is 125 Å². The van der Waals surface area contributed by atoms with Crippen LogP contribution in [0.3, 0.4) is 0 Å². The predicted molar refractivity (Wildman–Crippen MR) is 85.5 cm³/mol. The molecule has 20 heavy (non-hydrogen) atoms. The van der Waals surface area contributed by atoms with E-state index in [9.17, 15) is 8.42 Å².